The van der Waals surface area contributed by atoms with Crippen LogP contribution in [0, 0.1) is 5.41 Å². The van der Waals surface area contributed by atoms with E-state index in [2.05, 4.69) is 26.1 Å². The van der Waals surface area contributed by atoms with E-state index in [0.717, 1.165) is 35.3 Å². The van der Waals surface area contributed by atoms with Gasteiger partial charge in [-0.1, -0.05) is 44.0 Å². The Labute approximate surface area is 191 Å². The normalized spacial score (nSPS) is 23.1. The summed E-state index contributed by atoms with van der Waals surface area (Å²) in [6.07, 6.45) is 2.31. The van der Waals surface area contributed by atoms with Gasteiger partial charge in [-0.3, -0.25) is 4.79 Å². The molecule has 5 rings (SSSR count). The lowest BCUT2D eigenvalue weighted by Gasteiger charge is -2.34. The monoisotopic (exact) mass is 455 g/mol. The van der Waals surface area contributed by atoms with Crippen LogP contribution in [0.1, 0.15) is 50.9 Å². The molecule has 31 heavy (non-hydrogen) atoms. The summed E-state index contributed by atoms with van der Waals surface area (Å²) in [7, 11) is 0. The molecule has 160 valence electrons. The standard InChI is InChI=1S/C24H23Cl2N3O2/c1-23(2)15-8-9-24(23,3)22-21(15)28-18-11-14(5-6-17(18)29-22)27-20(30)12-31-19-7-4-13(25)10-16(19)26/h4-7,10-11,15H,8-9,12H2,1-3H3,(H,27,30). The molecule has 1 amide bonds. The number of aromatic nitrogens is 2. The number of fused-ring (bicyclic) bond motifs is 6. The van der Waals surface area contributed by atoms with Crippen LogP contribution < -0.4 is 10.1 Å². The van der Waals surface area contributed by atoms with E-state index < -0.39 is 0 Å². The molecule has 2 aliphatic rings. The minimum Gasteiger partial charge on any atom is -0.482 e. The van der Waals surface area contributed by atoms with E-state index in [1.165, 1.54) is 0 Å². The second-order valence-corrected chi connectivity index (χ2v) is 10.1. The summed E-state index contributed by atoms with van der Waals surface area (Å²) in [5, 5.41) is 3.73. The summed E-state index contributed by atoms with van der Waals surface area (Å²) in [6.45, 7) is 6.82. The number of hydrogen-bond donors (Lipinski definition) is 1. The van der Waals surface area contributed by atoms with Gasteiger partial charge in [0.2, 0.25) is 0 Å². The number of benzene rings is 2. The summed E-state index contributed by atoms with van der Waals surface area (Å²) >= 11 is 12.0. The van der Waals surface area contributed by atoms with Crippen molar-refractivity contribution in [3.05, 3.63) is 57.8 Å². The maximum atomic E-state index is 12.4. The number of anilines is 1. The number of carbonyl (C=O) groups is 1. The fraction of sp³-hybridized carbons (Fsp3) is 0.375. The predicted molar refractivity (Wildman–Crippen MR) is 123 cm³/mol. The Morgan fingerprint density at radius 3 is 2.71 bits per heavy atom. The van der Waals surface area contributed by atoms with Gasteiger partial charge in [0.25, 0.3) is 5.91 Å². The lowest BCUT2D eigenvalue weighted by atomic mass is 9.70. The Morgan fingerprint density at radius 1 is 1.13 bits per heavy atom. The van der Waals surface area contributed by atoms with Crippen LogP contribution in [0.5, 0.6) is 5.75 Å². The van der Waals surface area contributed by atoms with Gasteiger partial charge >= 0.3 is 0 Å². The molecule has 0 aliphatic heterocycles. The van der Waals surface area contributed by atoms with E-state index >= 15 is 0 Å². The SMILES string of the molecule is CC12CCC(c3nc4cc(NC(=O)COc5ccc(Cl)cc5Cl)ccc4nc31)C2(C)C. The summed E-state index contributed by atoms with van der Waals surface area (Å²) in [5.74, 6) is 0.555. The third-order valence-electron chi connectivity index (χ3n) is 7.31. The smallest absolute Gasteiger partial charge is 0.262 e. The second-order valence-electron chi connectivity index (χ2n) is 9.22. The van der Waals surface area contributed by atoms with Gasteiger partial charge in [0.05, 0.1) is 27.4 Å². The number of rotatable bonds is 4. The van der Waals surface area contributed by atoms with Gasteiger partial charge in [-0.15, -0.1) is 0 Å². The molecule has 3 aromatic rings. The second kappa shape index (κ2) is 7.07. The van der Waals surface area contributed by atoms with Crippen molar-refractivity contribution in [3.63, 3.8) is 0 Å². The van der Waals surface area contributed by atoms with Crippen LogP contribution in [0.4, 0.5) is 5.69 Å². The number of nitrogens with zero attached hydrogens (tertiary/aromatic N) is 2. The molecule has 5 nitrogen and oxygen atoms in total. The first-order valence-electron chi connectivity index (χ1n) is 10.4. The summed E-state index contributed by atoms with van der Waals surface area (Å²) in [6, 6.07) is 10.5. The Kier molecular flexibility index (Phi) is 4.68. The first kappa shape index (κ1) is 20.5. The molecule has 2 atom stereocenters. The van der Waals surface area contributed by atoms with E-state index in [0.29, 0.717) is 27.4 Å². The van der Waals surface area contributed by atoms with Crippen molar-refractivity contribution in [2.24, 2.45) is 5.41 Å². The van der Waals surface area contributed by atoms with Crippen LogP contribution in [-0.4, -0.2) is 22.5 Å². The Bertz CT molecular complexity index is 1230. The van der Waals surface area contributed by atoms with Crippen LogP contribution in [0.3, 0.4) is 0 Å². The van der Waals surface area contributed by atoms with Gasteiger partial charge in [0.15, 0.2) is 6.61 Å². The van der Waals surface area contributed by atoms with Crippen LogP contribution in [0.2, 0.25) is 10.0 Å². The molecule has 7 heteroatoms. The largest absolute Gasteiger partial charge is 0.482 e. The zero-order valence-corrected chi connectivity index (χ0v) is 19.1. The predicted octanol–water partition coefficient (Wildman–Crippen LogP) is 6.13. The molecular formula is C24H23Cl2N3O2. The maximum Gasteiger partial charge on any atom is 0.262 e. The molecule has 1 fully saturated rings. The number of amides is 1. The summed E-state index contributed by atoms with van der Waals surface area (Å²) in [5.41, 5.74) is 4.80. The van der Waals surface area contributed by atoms with Gasteiger partial charge in [0.1, 0.15) is 5.75 Å². The zero-order chi connectivity index (χ0) is 22.0. The average molecular weight is 456 g/mol. The van der Waals surface area contributed by atoms with E-state index in [9.17, 15) is 4.79 Å². The van der Waals surface area contributed by atoms with Crippen molar-refractivity contribution >= 4 is 45.8 Å². The van der Waals surface area contributed by atoms with Crippen molar-refractivity contribution < 1.29 is 9.53 Å². The Morgan fingerprint density at radius 2 is 1.94 bits per heavy atom. The number of ether oxygens (including phenoxy) is 1. The first-order valence-corrected chi connectivity index (χ1v) is 11.1. The Hall–Kier alpha value is -2.37. The highest BCUT2D eigenvalue weighted by atomic mass is 35.5. The molecule has 1 heterocycles. The number of halogens is 2. The number of carbonyl (C=O) groups excluding carboxylic acids is 1. The van der Waals surface area contributed by atoms with Gasteiger partial charge in [-0.25, -0.2) is 9.97 Å². The molecule has 2 unspecified atom stereocenters. The highest BCUT2D eigenvalue weighted by Gasteiger charge is 2.61. The topological polar surface area (TPSA) is 64.1 Å². The molecule has 2 bridgehead atoms. The van der Waals surface area contributed by atoms with Gasteiger partial charge < -0.3 is 10.1 Å². The van der Waals surface area contributed by atoms with Crippen molar-refractivity contribution in [3.8, 4) is 5.75 Å². The van der Waals surface area contributed by atoms with Crippen LogP contribution in [0.15, 0.2) is 36.4 Å². The maximum absolute atomic E-state index is 12.4. The van der Waals surface area contributed by atoms with Crippen LogP contribution in [-0.2, 0) is 10.2 Å². The van der Waals surface area contributed by atoms with E-state index in [1.807, 2.05) is 18.2 Å². The molecule has 1 saturated carbocycles. The molecule has 1 aromatic heterocycles. The van der Waals surface area contributed by atoms with Crippen molar-refractivity contribution in [2.45, 2.75) is 44.9 Å². The van der Waals surface area contributed by atoms with Crippen LogP contribution in [0.25, 0.3) is 11.0 Å². The molecule has 0 radical (unpaired) electrons. The Balaban J connectivity index is 1.35. The highest BCUT2D eigenvalue weighted by molar-refractivity contribution is 6.35. The lowest BCUT2D eigenvalue weighted by molar-refractivity contribution is -0.118. The zero-order valence-electron chi connectivity index (χ0n) is 17.6. The van der Waals surface area contributed by atoms with Crippen molar-refractivity contribution in [1.29, 1.82) is 0 Å². The molecule has 1 N–H and O–H groups in total. The molecule has 0 spiro atoms. The minimum atomic E-state index is -0.285. The van der Waals surface area contributed by atoms with Crippen LogP contribution >= 0.6 is 23.2 Å². The number of nitrogens with one attached hydrogen (secondary N) is 1. The van der Waals surface area contributed by atoms with Crippen molar-refractivity contribution in [1.82, 2.24) is 9.97 Å². The lowest BCUT2D eigenvalue weighted by Crippen LogP contribution is -2.31. The van der Waals surface area contributed by atoms with Gasteiger partial charge in [0, 0.05) is 22.0 Å². The third kappa shape index (κ3) is 3.17. The average Bonchev–Trinajstić information content (AvgIpc) is 3.04. The third-order valence-corrected chi connectivity index (χ3v) is 7.84. The molecule has 0 saturated heterocycles. The summed E-state index contributed by atoms with van der Waals surface area (Å²) in [4.78, 5) is 22.4. The fourth-order valence-electron chi connectivity index (χ4n) is 5.13. The summed E-state index contributed by atoms with van der Waals surface area (Å²) < 4.78 is 5.51. The molecule has 2 aliphatic carbocycles. The van der Waals surface area contributed by atoms with Gasteiger partial charge in [-0.05, 0) is 54.7 Å². The van der Waals surface area contributed by atoms with E-state index in [4.69, 9.17) is 37.9 Å². The highest BCUT2D eigenvalue weighted by Crippen LogP contribution is 2.66. The molecule has 2 aromatic carbocycles. The molecular weight excluding hydrogens is 433 g/mol. The quantitative estimate of drug-likeness (QED) is 0.513. The first-order chi connectivity index (χ1) is 14.7. The van der Waals surface area contributed by atoms with Gasteiger partial charge in [-0.2, -0.15) is 0 Å². The number of hydrogen-bond acceptors (Lipinski definition) is 4. The van der Waals surface area contributed by atoms with E-state index in [-0.39, 0.29) is 23.3 Å². The van der Waals surface area contributed by atoms with E-state index in [1.54, 1.807) is 18.2 Å². The fourth-order valence-corrected chi connectivity index (χ4v) is 5.59. The minimum absolute atomic E-state index is 0.0708. The van der Waals surface area contributed by atoms with Crippen molar-refractivity contribution in [2.75, 3.05) is 11.9 Å².